The van der Waals surface area contributed by atoms with Gasteiger partial charge in [-0.1, -0.05) is 47.0 Å². The number of aryl methyl sites for hydroxylation is 1. The maximum Gasteiger partial charge on any atom is 0.335 e. The zero-order valence-corrected chi connectivity index (χ0v) is 14.0. The van der Waals surface area contributed by atoms with E-state index in [1.807, 2.05) is 6.92 Å². The second kappa shape index (κ2) is 7.48. The molecule has 0 aromatic heterocycles. The Hall–Kier alpha value is -1.51. The van der Waals surface area contributed by atoms with Gasteiger partial charge in [-0.15, -0.1) is 0 Å². The summed E-state index contributed by atoms with van der Waals surface area (Å²) in [6.07, 6.45) is 5.32. The molecule has 0 fully saturated rings. The summed E-state index contributed by atoms with van der Waals surface area (Å²) in [6, 6.07) is 3.51. The van der Waals surface area contributed by atoms with Crippen molar-refractivity contribution in [1.29, 1.82) is 0 Å². The monoisotopic (exact) mass is 292 g/mol. The Morgan fingerprint density at radius 1 is 1.24 bits per heavy atom. The number of carboxylic acids is 1. The van der Waals surface area contributed by atoms with Crippen LogP contribution in [0.2, 0.25) is 0 Å². The highest BCUT2D eigenvalue weighted by molar-refractivity contribution is 5.88. The fraction of sp³-hybridized carbons (Fsp3) is 0.611. The second-order valence-corrected chi connectivity index (χ2v) is 6.22. The topological polar surface area (TPSA) is 46.5 Å². The predicted molar refractivity (Wildman–Crippen MR) is 86.5 cm³/mol. The molecule has 1 aromatic rings. The molecule has 0 unspecified atom stereocenters. The highest BCUT2D eigenvalue weighted by Gasteiger charge is 2.27. The van der Waals surface area contributed by atoms with Crippen LogP contribution in [0.4, 0.5) is 0 Å². The van der Waals surface area contributed by atoms with Crippen molar-refractivity contribution < 1.29 is 14.6 Å². The summed E-state index contributed by atoms with van der Waals surface area (Å²) in [4.78, 5) is 11.4. The van der Waals surface area contributed by atoms with Crippen molar-refractivity contribution in [2.45, 2.75) is 65.2 Å². The van der Waals surface area contributed by atoms with Crippen LogP contribution in [-0.4, -0.2) is 18.2 Å². The first-order valence-electron chi connectivity index (χ1n) is 7.82. The molecule has 0 aliphatic rings. The van der Waals surface area contributed by atoms with Crippen molar-refractivity contribution in [2.24, 2.45) is 0 Å². The molecule has 3 heteroatoms. The highest BCUT2D eigenvalue weighted by Crippen LogP contribution is 2.39. The maximum absolute atomic E-state index is 11.4. The Bertz CT molecular complexity index is 489. The zero-order chi connectivity index (χ0) is 16.0. The minimum absolute atomic E-state index is 0.0874. The van der Waals surface area contributed by atoms with Gasteiger partial charge in [0.25, 0.3) is 0 Å². The lowest BCUT2D eigenvalue weighted by Gasteiger charge is -2.29. The van der Waals surface area contributed by atoms with E-state index >= 15 is 0 Å². The molecule has 0 atom stereocenters. The number of ether oxygens (including phenoxy) is 1. The van der Waals surface area contributed by atoms with E-state index in [-0.39, 0.29) is 5.41 Å². The molecule has 0 saturated carbocycles. The van der Waals surface area contributed by atoms with Crippen molar-refractivity contribution in [3.63, 3.8) is 0 Å². The number of hydrogen-bond donors (Lipinski definition) is 1. The summed E-state index contributed by atoms with van der Waals surface area (Å²) >= 11 is 0. The number of benzene rings is 1. The van der Waals surface area contributed by atoms with Gasteiger partial charge in [0, 0.05) is 5.56 Å². The Balaban J connectivity index is 3.30. The van der Waals surface area contributed by atoms with Crippen LogP contribution in [0.15, 0.2) is 12.1 Å². The van der Waals surface area contributed by atoms with Crippen molar-refractivity contribution >= 4 is 5.97 Å². The number of methoxy groups -OCH3 is 1. The highest BCUT2D eigenvalue weighted by atomic mass is 16.5. The van der Waals surface area contributed by atoms with Crippen LogP contribution in [0.3, 0.4) is 0 Å². The largest absolute Gasteiger partial charge is 0.496 e. The molecule has 1 rings (SSSR count). The average Bonchev–Trinajstić information content (AvgIpc) is 2.45. The van der Waals surface area contributed by atoms with E-state index in [9.17, 15) is 9.90 Å². The number of carbonyl (C=O) groups is 1. The van der Waals surface area contributed by atoms with Crippen LogP contribution in [0.1, 0.15) is 74.9 Å². The summed E-state index contributed by atoms with van der Waals surface area (Å²) in [5.74, 6) is -0.0260. The molecular formula is C18H28O3. The predicted octanol–water partition coefficient (Wildman–Crippen LogP) is 4.81. The van der Waals surface area contributed by atoms with Crippen molar-refractivity contribution in [2.75, 3.05) is 7.11 Å². The minimum Gasteiger partial charge on any atom is -0.496 e. The van der Waals surface area contributed by atoms with Crippen LogP contribution < -0.4 is 4.74 Å². The SMILES string of the molecule is CCCCCC(C)(C)c1cc(C(=O)O)cc(CC)c1OC. The van der Waals surface area contributed by atoms with Crippen LogP contribution in [0.5, 0.6) is 5.75 Å². The smallest absolute Gasteiger partial charge is 0.335 e. The van der Waals surface area contributed by atoms with Crippen molar-refractivity contribution in [3.8, 4) is 5.75 Å². The van der Waals surface area contributed by atoms with Gasteiger partial charge in [0.2, 0.25) is 0 Å². The number of aromatic carboxylic acids is 1. The molecule has 0 amide bonds. The Morgan fingerprint density at radius 2 is 1.90 bits per heavy atom. The van der Waals surface area contributed by atoms with Gasteiger partial charge in [-0.2, -0.15) is 0 Å². The third kappa shape index (κ3) is 4.23. The summed E-state index contributed by atoms with van der Waals surface area (Å²) in [6.45, 7) is 8.56. The first-order chi connectivity index (χ1) is 9.87. The zero-order valence-electron chi connectivity index (χ0n) is 14.0. The third-order valence-electron chi connectivity index (χ3n) is 4.13. The molecule has 118 valence electrons. The molecule has 0 heterocycles. The van der Waals surface area contributed by atoms with E-state index in [4.69, 9.17) is 4.74 Å². The van der Waals surface area contributed by atoms with Gasteiger partial charge >= 0.3 is 5.97 Å². The molecule has 0 aliphatic heterocycles. The summed E-state index contributed by atoms with van der Waals surface area (Å²) in [5, 5.41) is 9.33. The summed E-state index contributed by atoms with van der Waals surface area (Å²) in [5.41, 5.74) is 2.25. The van der Waals surface area contributed by atoms with E-state index < -0.39 is 5.97 Å². The van der Waals surface area contributed by atoms with E-state index in [0.29, 0.717) is 5.56 Å². The number of hydrogen-bond acceptors (Lipinski definition) is 2. The lowest BCUT2D eigenvalue weighted by atomic mass is 9.78. The van der Waals surface area contributed by atoms with Gasteiger partial charge in [-0.05, 0) is 36.0 Å². The molecule has 0 radical (unpaired) electrons. The quantitative estimate of drug-likeness (QED) is 0.699. The first-order valence-corrected chi connectivity index (χ1v) is 7.82. The van der Waals surface area contributed by atoms with E-state index in [0.717, 1.165) is 36.1 Å². The van der Waals surface area contributed by atoms with Gasteiger partial charge in [0.15, 0.2) is 0 Å². The van der Waals surface area contributed by atoms with E-state index in [1.165, 1.54) is 12.8 Å². The van der Waals surface area contributed by atoms with Crippen molar-refractivity contribution in [3.05, 3.63) is 28.8 Å². The summed E-state index contributed by atoms with van der Waals surface area (Å²) < 4.78 is 5.60. The molecule has 0 aliphatic carbocycles. The van der Waals surface area contributed by atoms with Gasteiger partial charge in [-0.25, -0.2) is 4.79 Å². The van der Waals surface area contributed by atoms with Crippen LogP contribution >= 0.6 is 0 Å². The third-order valence-corrected chi connectivity index (χ3v) is 4.13. The van der Waals surface area contributed by atoms with Gasteiger partial charge < -0.3 is 9.84 Å². The van der Waals surface area contributed by atoms with Gasteiger partial charge in [0.05, 0.1) is 12.7 Å². The summed E-state index contributed by atoms with van der Waals surface area (Å²) in [7, 11) is 1.67. The first kappa shape index (κ1) is 17.5. The number of carboxylic acid groups (broad SMARTS) is 1. The van der Waals surface area contributed by atoms with Crippen LogP contribution in [0.25, 0.3) is 0 Å². The number of rotatable bonds is 8. The molecule has 0 saturated heterocycles. The standard InChI is InChI=1S/C18H28O3/c1-6-8-9-10-18(3,4)15-12-14(17(19)20)11-13(7-2)16(15)21-5/h11-12H,6-10H2,1-5H3,(H,19,20). The average molecular weight is 292 g/mol. The van der Waals surface area contributed by atoms with Crippen molar-refractivity contribution in [1.82, 2.24) is 0 Å². The molecular weight excluding hydrogens is 264 g/mol. The fourth-order valence-electron chi connectivity index (χ4n) is 2.77. The lowest BCUT2D eigenvalue weighted by molar-refractivity contribution is 0.0696. The van der Waals surface area contributed by atoms with E-state index in [1.54, 1.807) is 19.2 Å². The minimum atomic E-state index is -0.877. The lowest BCUT2D eigenvalue weighted by Crippen LogP contribution is -2.20. The molecule has 1 aromatic carbocycles. The van der Waals surface area contributed by atoms with Gasteiger partial charge in [-0.3, -0.25) is 0 Å². The second-order valence-electron chi connectivity index (χ2n) is 6.22. The number of unbranched alkanes of at least 4 members (excludes halogenated alkanes) is 2. The molecule has 0 spiro atoms. The Morgan fingerprint density at radius 3 is 2.38 bits per heavy atom. The van der Waals surface area contributed by atoms with Crippen LogP contribution in [-0.2, 0) is 11.8 Å². The molecule has 0 bridgehead atoms. The molecule has 3 nitrogen and oxygen atoms in total. The van der Waals surface area contributed by atoms with Gasteiger partial charge in [0.1, 0.15) is 5.75 Å². The Kier molecular flexibility index (Phi) is 6.25. The van der Waals surface area contributed by atoms with Crippen LogP contribution in [0, 0.1) is 0 Å². The molecule has 21 heavy (non-hydrogen) atoms. The normalized spacial score (nSPS) is 11.5. The Labute approximate surface area is 128 Å². The maximum atomic E-state index is 11.4. The van der Waals surface area contributed by atoms with E-state index in [2.05, 4.69) is 20.8 Å². The molecule has 1 N–H and O–H groups in total. The fourth-order valence-corrected chi connectivity index (χ4v) is 2.77.